The Balaban J connectivity index is 1.65. The Hall–Kier alpha value is -3.24. The van der Waals surface area contributed by atoms with Crippen molar-refractivity contribution >= 4 is 28.2 Å². The van der Waals surface area contributed by atoms with Gasteiger partial charge in [-0.05, 0) is 36.4 Å². The minimum Gasteiger partial charge on any atom is -0.308 e. The van der Waals surface area contributed by atoms with Crippen LogP contribution in [-0.4, -0.2) is 11.0 Å². The van der Waals surface area contributed by atoms with Crippen LogP contribution in [0.4, 0.5) is 20.0 Å². The minimum absolute atomic E-state index is 0.368. The molecule has 0 saturated carbocycles. The Morgan fingerprint density at radius 3 is 2.46 bits per heavy atom. The molecule has 0 saturated heterocycles. The molecular weight excluding hydrogens is 327 g/mol. The molecule has 0 aliphatic heterocycles. The average molecular weight is 338 g/mol. The van der Waals surface area contributed by atoms with Gasteiger partial charge in [0.2, 0.25) is 0 Å². The van der Waals surface area contributed by atoms with Crippen molar-refractivity contribution in [3.8, 4) is 17.3 Å². The number of carbonyl (C=O) groups excluding carboxylic acids is 1. The van der Waals surface area contributed by atoms with Crippen LogP contribution >= 0.6 is 11.3 Å². The quantitative estimate of drug-likeness (QED) is 0.740. The summed E-state index contributed by atoms with van der Waals surface area (Å²) in [5, 5.41) is 16.3. The molecule has 3 rings (SSSR count). The summed E-state index contributed by atoms with van der Waals surface area (Å²) < 4.78 is 12.8. The molecule has 1 heterocycles. The summed E-state index contributed by atoms with van der Waals surface area (Å²) in [6.07, 6.45) is 0. The second kappa shape index (κ2) is 6.89. The van der Waals surface area contributed by atoms with Crippen molar-refractivity contribution in [3.63, 3.8) is 0 Å². The zero-order valence-electron chi connectivity index (χ0n) is 12.3. The predicted octanol–water partition coefficient (Wildman–Crippen LogP) is 4.46. The summed E-state index contributed by atoms with van der Waals surface area (Å²) in [4.78, 5) is 16.2. The van der Waals surface area contributed by atoms with Gasteiger partial charge in [0.15, 0.2) is 5.13 Å². The molecule has 2 amide bonds. The predicted molar refractivity (Wildman–Crippen MR) is 91.3 cm³/mol. The summed E-state index contributed by atoms with van der Waals surface area (Å²) in [6, 6.07) is 14.1. The first-order chi connectivity index (χ1) is 11.6. The van der Waals surface area contributed by atoms with E-state index < -0.39 is 6.03 Å². The van der Waals surface area contributed by atoms with Gasteiger partial charge in [-0.1, -0.05) is 12.1 Å². The van der Waals surface area contributed by atoms with Crippen molar-refractivity contribution < 1.29 is 9.18 Å². The standard InChI is InChI=1S/C17H11FN4OS/c18-13-5-7-14(8-6-13)20-16(23)22-17-21-15(10-24-17)12-3-1-11(9-19)2-4-12/h1-8,10H,(H2,20,21,22,23). The number of nitrogens with zero attached hydrogens (tertiary/aromatic N) is 2. The Kier molecular flexibility index (Phi) is 4.50. The number of nitriles is 1. The summed E-state index contributed by atoms with van der Waals surface area (Å²) in [6.45, 7) is 0. The van der Waals surface area contributed by atoms with Crippen molar-refractivity contribution in [2.75, 3.05) is 10.6 Å². The third kappa shape index (κ3) is 3.74. The van der Waals surface area contributed by atoms with Gasteiger partial charge < -0.3 is 5.32 Å². The van der Waals surface area contributed by atoms with Crippen molar-refractivity contribution in [1.29, 1.82) is 5.26 Å². The van der Waals surface area contributed by atoms with Crippen molar-refractivity contribution in [1.82, 2.24) is 4.98 Å². The van der Waals surface area contributed by atoms with Gasteiger partial charge in [0.25, 0.3) is 0 Å². The molecular formula is C17H11FN4OS. The number of anilines is 2. The van der Waals surface area contributed by atoms with E-state index in [9.17, 15) is 9.18 Å². The number of halogens is 1. The van der Waals surface area contributed by atoms with Crippen LogP contribution in [0.3, 0.4) is 0 Å². The molecule has 3 aromatic rings. The number of amides is 2. The maximum atomic E-state index is 12.8. The molecule has 0 atom stereocenters. The highest BCUT2D eigenvalue weighted by molar-refractivity contribution is 7.14. The second-order valence-corrected chi connectivity index (χ2v) is 5.67. The van der Waals surface area contributed by atoms with E-state index in [1.807, 2.05) is 5.38 Å². The largest absolute Gasteiger partial charge is 0.325 e. The molecule has 0 aliphatic rings. The second-order valence-electron chi connectivity index (χ2n) is 4.81. The van der Waals surface area contributed by atoms with E-state index in [2.05, 4.69) is 21.7 Å². The zero-order valence-corrected chi connectivity index (χ0v) is 13.1. The first kappa shape index (κ1) is 15.6. The van der Waals surface area contributed by atoms with E-state index in [1.165, 1.54) is 35.6 Å². The number of carbonyl (C=O) groups is 1. The number of thiazole rings is 1. The highest BCUT2D eigenvalue weighted by Gasteiger charge is 2.08. The molecule has 1 aromatic heterocycles. The van der Waals surface area contributed by atoms with Gasteiger partial charge >= 0.3 is 6.03 Å². The number of benzene rings is 2. The lowest BCUT2D eigenvalue weighted by molar-refractivity contribution is 0.262. The van der Waals surface area contributed by atoms with Crippen LogP contribution in [-0.2, 0) is 0 Å². The molecule has 0 bridgehead atoms. The highest BCUT2D eigenvalue weighted by atomic mass is 32.1. The van der Waals surface area contributed by atoms with Crippen molar-refractivity contribution in [2.45, 2.75) is 0 Å². The van der Waals surface area contributed by atoms with Crippen LogP contribution in [0.25, 0.3) is 11.3 Å². The summed E-state index contributed by atoms with van der Waals surface area (Å²) in [7, 11) is 0. The van der Waals surface area contributed by atoms with E-state index in [0.717, 1.165) is 5.56 Å². The molecule has 7 heteroatoms. The average Bonchev–Trinajstić information content (AvgIpc) is 3.05. The van der Waals surface area contributed by atoms with Crippen LogP contribution in [0.5, 0.6) is 0 Å². The number of urea groups is 1. The Morgan fingerprint density at radius 1 is 1.08 bits per heavy atom. The number of hydrogen-bond donors (Lipinski definition) is 2. The molecule has 0 spiro atoms. The fraction of sp³-hybridized carbons (Fsp3) is 0. The minimum atomic E-state index is -0.456. The Labute approximate surface area is 141 Å². The van der Waals surface area contributed by atoms with E-state index in [0.29, 0.717) is 22.1 Å². The highest BCUT2D eigenvalue weighted by Crippen LogP contribution is 2.25. The molecule has 0 unspecified atom stereocenters. The molecule has 0 radical (unpaired) electrons. The first-order valence-electron chi connectivity index (χ1n) is 6.94. The molecule has 118 valence electrons. The third-order valence-corrected chi connectivity index (χ3v) is 3.89. The maximum absolute atomic E-state index is 12.8. The van der Waals surface area contributed by atoms with Crippen LogP contribution in [0.2, 0.25) is 0 Å². The summed E-state index contributed by atoms with van der Waals surface area (Å²) >= 11 is 1.29. The van der Waals surface area contributed by atoms with Gasteiger partial charge in [-0.25, -0.2) is 14.2 Å². The molecule has 5 nitrogen and oxygen atoms in total. The van der Waals surface area contributed by atoms with Crippen LogP contribution in [0.15, 0.2) is 53.9 Å². The lowest BCUT2D eigenvalue weighted by Crippen LogP contribution is -2.19. The van der Waals surface area contributed by atoms with Gasteiger partial charge in [-0.2, -0.15) is 5.26 Å². The van der Waals surface area contributed by atoms with E-state index in [1.54, 1.807) is 24.3 Å². The van der Waals surface area contributed by atoms with E-state index >= 15 is 0 Å². The lowest BCUT2D eigenvalue weighted by Gasteiger charge is -2.05. The number of aromatic nitrogens is 1. The fourth-order valence-electron chi connectivity index (χ4n) is 1.97. The molecule has 24 heavy (non-hydrogen) atoms. The topological polar surface area (TPSA) is 77.8 Å². The van der Waals surface area contributed by atoms with Crippen LogP contribution in [0.1, 0.15) is 5.56 Å². The monoisotopic (exact) mass is 338 g/mol. The van der Waals surface area contributed by atoms with Crippen molar-refractivity contribution in [3.05, 3.63) is 65.3 Å². The van der Waals surface area contributed by atoms with Crippen molar-refractivity contribution in [2.24, 2.45) is 0 Å². The van der Waals surface area contributed by atoms with Gasteiger partial charge in [-0.15, -0.1) is 11.3 Å². The van der Waals surface area contributed by atoms with Gasteiger partial charge in [0, 0.05) is 16.6 Å². The first-order valence-corrected chi connectivity index (χ1v) is 7.81. The molecule has 0 aliphatic carbocycles. The summed E-state index contributed by atoms with van der Waals surface area (Å²) in [5.74, 6) is -0.368. The molecule has 2 aromatic carbocycles. The molecule has 0 fully saturated rings. The number of rotatable bonds is 3. The normalized spacial score (nSPS) is 10.0. The zero-order chi connectivity index (χ0) is 16.9. The van der Waals surface area contributed by atoms with Gasteiger partial charge in [0.05, 0.1) is 17.3 Å². The maximum Gasteiger partial charge on any atom is 0.325 e. The third-order valence-electron chi connectivity index (χ3n) is 3.14. The Bertz CT molecular complexity index is 898. The van der Waals surface area contributed by atoms with Crippen LogP contribution < -0.4 is 10.6 Å². The smallest absolute Gasteiger partial charge is 0.308 e. The SMILES string of the molecule is N#Cc1ccc(-c2csc(NC(=O)Nc3ccc(F)cc3)n2)cc1. The number of nitrogens with one attached hydrogen (secondary N) is 2. The lowest BCUT2D eigenvalue weighted by atomic mass is 10.1. The van der Waals surface area contributed by atoms with Crippen LogP contribution in [0, 0.1) is 17.1 Å². The summed E-state index contributed by atoms with van der Waals surface area (Å²) in [5.41, 5.74) is 2.63. The van der Waals surface area contributed by atoms with E-state index in [-0.39, 0.29) is 5.82 Å². The fourth-order valence-corrected chi connectivity index (χ4v) is 2.69. The van der Waals surface area contributed by atoms with E-state index in [4.69, 9.17) is 5.26 Å². The Morgan fingerprint density at radius 2 is 1.79 bits per heavy atom. The van der Waals surface area contributed by atoms with Gasteiger partial charge in [0.1, 0.15) is 5.82 Å². The number of hydrogen-bond acceptors (Lipinski definition) is 4. The van der Waals surface area contributed by atoms with Gasteiger partial charge in [-0.3, -0.25) is 5.32 Å². The molecule has 2 N–H and O–H groups in total.